The number of nitrogens with zero attached hydrogens (tertiary/aromatic N) is 3. The van der Waals surface area contributed by atoms with E-state index in [0.29, 0.717) is 6.04 Å². The molecule has 1 aliphatic rings. The number of alkyl halides is 1. The van der Waals surface area contributed by atoms with Crippen LogP contribution in [0.3, 0.4) is 0 Å². The van der Waals surface area contributed by atoms with E-state index >= 15 is 0 Å². The van der Waals surface area contributed by atoms with Crippen molar-refractivity contribution in [2.24, 2.45) is 0 Å². The van der Waals surface area contributed by atoms with Crippen LogP contribution in [0, 0.1) is 6.92 Å². The van der Waals surface area contributed by atoms with Gasteiger partial charge in [-0.25, -0.2) is 9.97 Å². The summed E-state index contributed by atoms with van der Waals surface area (Å²) in [6, 6.07) is 2.50. The first-order valence-electron chi connectivity index (χ1n) is 4.93. The maximum absolute atomic E-state index is 4.45. The fourth-order valence-electron chi connectivity index (χ4n) is 1.83. The minimum Gasteiger partial charge on any atom is -0.337 e. The summed E-state index contributed by atoms with van der Waals surface area (Å²) in [6.07, 6.45) is 4.32. The molecule has 1 unspecified atom stereocenters. The number of halogens is 1. The van der Waals surface area contributed by atoms with Crippen LogP contribution in [0.4, 0.5) is 5.95 Å². The van der Waals surface area contributed by atoms with Gasteiger partial charge in [0.2, 0.25) is 5.95 Å². The molecule has 0 radical (unpaired) electrons. The summed E-state index contributed by atoms with van der Waals surface area (Å²) >= 11 is 3.54. The molecule has 0 N–H and O–H groups in total. The second-order valence-electron chi connectivity index (χ2n) is 3.64. The van der Waals surface area contributed by atoms with Crippen LogP contribution in [0.25, 0.3) is 0 Å². The van der Waals surface area contributed by atoms with Gasteiger partial charge in [-0.1, -0.05) is 15.9 Å². The summed E-state index contributed by atoms with van der Waals surface area (Å²) < 4.78 is 0. The Kier molecular flexibility index (Phi) is 3.01. The van der Waals surface area contributed by atoms with Gasteiger partial charge in [-0.2, -0.15) is 0 Å². The lowest BCUT2D eigenvalue weighted by atomic mass is 10.2. The first-order chi connectivity index (χ1) is 6.81. The predicted molar refractivity (Wildman–Crippen MR) is 60.9 cm³/mol. The largest absolute Gasteiger partial charge is 0.337 e. The highest BCUT2D eigenvalue weighted by atomic mass is 79.9. The Bertz CT molecular complexity index is 316. The highest BCUT2D eigenvalue weighted by Gasteiger charge is 2.25. The Morgan fingerprint density at radius 2 is 2.50 bits per heavy atom. The summed E-state index contributed by atoms with van der Waals surface area (Å²) in [5.74, 6) is 0.881. The molecule has 1 aromatic heterocycles. The first kappa shape index (κ1) is 9.90. The quantitative estimate of drug-likeness (QED) is 0.759. The van der Waals surface area contributed by atoms with Crippen molar-refractivity contribution in [1.82, 2.24) is 9.97 Å². The smallest absolute Gasteiger partial charge is 0.225 e. The topological polar surface area (TPSA) is 29.0 Å². The van der Waals surface area contributed by atoms with Gasteiger partial charge in [-0.15, -0.1) is 0 Å². The van der Waals surface area contributed by atoms with Crippen molar-refractivity contribution < 1.29 is 0 Å². The molecular formula is C10H14BrN3. The molecule has 0 aromatic carbocycles. The van der Waals surface area contributed by atoms with Crippen LogP contribution in [-0.4, -0.2) is 27.9 Å². The van der Waals surface area contributed by atoms with Gasteiger partial charge < -0.3 is 4.90 Å². The van der Waals surface area contributed by atoms with Crippen molar-refractivity contribution in [3.05, 3.63) is 18.0 Å². The third kappa shape index (κ3) is 1.90. The molecule has 14 heavy (non-hydrogen) atoms. The molecule has 0 amide bonds. The van der Waals surface area contributed by atoms with Crippen LogP contribution in [0.1, 0.15) is 18.5 Å². The van der Waals surface area contributed by atoms with Crippen LogP contribution >= 0.6 is 15.9 Å². The summed E-state index contributed by atoms with van der Waals surface area (Å²) in [7, 11) is 0. The maximum atomic E-state index is 4.45. The van der Waals surface area contributed by atoms with E-state index < -0.39 is 0 Å². The Balaban J connectivity index is 2.21. The van der Waals surface area contributed by atoms with Gasteiger partial charge in [-0.05, 0) is 25.8 Å². The second-order valence-corrected chi connectivity index (χ2v) is 4.29. The molecule has 1 fully saturated rings. The lowest BCUT2D eigenvalue weighted by molar-refractivity contribution is 0.729. The molecule has 0 saturated carbocycles. The van der Waals surface area contributed by atoms with Crippen LogP contribution in [0.2, 0.25) is 0 Å². The van der Waals surface area contributed by atoms with Gasteiger partial charge in [0.15, 0.2) is 0 Å². The summed E-state index contributed by atoms with van der Waals surface area (Å²) in [5.41, 5.74) is 1.04. The second kappa shape index (κ2) is 4.26. The van der Waals surface area contributed by atoms with Crippen molar-refractivity contribution in [3.8, 4) is 0 Å². The Morgan fingerprint density at radius 3 is 3.21 bits per heavy atom. The van der Waals surface area contributed by atoms with E-state index in [1.54, 1.807) is 0 Å². The molecule has 76 valence electrons. The van der Waals surface area contributed by atoms with Gasteiger partial charge in [0, 0.05) is 29.8 Å². The average Bonchev–Trinajstić information content (AvgIpc) is 2.65. The molecule has 2 heterocycles. The van der Waals surface area contributed by atoms with E-state index in [1.165, 1.54) is 12.8 Å². The SMILES string of the molecule is Cc1ccnc(N2CCCC2CBr)n1. The summed E-state index contributed by atoms with van der Waals surface area (Å²) in [4.78, 5) is 11.1. The molecule has 0 bridgehead atoms. The number of aryl methyl sites for hydroxylation is 1. The zero-order valence-electron chi connectivity index (χ0n) is 8.28. The van der Waals surface area contributed by atoms with Crippen molar-refractivity contribution in [2.45, 2.75) is 25.8 Å². The number of rotatable bonds is 2. The zero-order chi connectivity index (χ0) is 9.97. The average molecular weight is 256 g/mol. The fraction of sp³-hybridized carbons (Fsp3) is 0.600. The van der Waals surface area contributed by atoms with E-state index in [0.717, 1.165) is 23.5 Å². The lowest BCUT2D eigenvalue weighted by Gasteiger charge is -2.22. The molecule has 1 atom stereocenters. The first-order valence-corrected chi connectivity index (χ1v) is 6.05. The highest BCUT2D eigenvalue weighted by Crippen LogP contribution is 2.23. The van der Waals surface area contributed by atoms with Crippen molar-refractivity contribution in [3.63, 3.8) is 0 Å². The number of anilines is 1. The molecule has 4 heteroatoms. The number of hydrogen-bond donors (Lipinski definition) is 0. The van der Waals surface area contributed by atoms with E-state index in [-0.39, 0.29) is 0 Å². The van der Waals surface area contributed by atoms with Gasteiger partial charge >= 0.3 is 0 Å². The zero-order valence-corrected chi connectivity index (χ0v) is 9.87. The Labute approximate surface area is 92.7 Å². The molecule has 3 nitrogen and oxygen atoms in total. The molecular weight excluding hydrogens is 242 g/mol. The van der Waals surface area contributed by atoms with Crippen LogP contribution in [0.15, 0.2) is 12.3 Å². The standard InChI is InChI=1S/C10H14BrN3/c1-8-4-5-12-10(13-8)14-6-2-3-9(14)7-11/h4-5,9H,2-3,6-7H2,1H3. The van der Waals surface area contributed by atoms with E-state index in [9.17, 15) is 0 Å². The third-order valence-corrected chi connectivity index (χ3v) is 3.34. The molecule has 2 rings (SSSR count). The van der Waals surface area contributed by atoms with Gasteiger partial charge in [-0.3, -0.25) is 0 Å². The van der Waals surface area contributed by atoms with Gasteiger partial charge in [0.1, 0.15) is 0 Å². The monoisotopic (exact) mass is 255 g/mol. The lowest BCUT2D eigenvalue weighted by Crippen LogP contribution is -2.31. The van der Waals surface area contributed by atoms with Crippen LogP contribution in [0.5, 0.6) is 0 Å². The molecule has 1 saturated heterocycles. The van der Waals surface area contributed by atoms with Crippen LogP contribution in [-0.2, 0) is 0 Å². The number of aromatic nitrogens is 2. The minimum atomic E-state index is 0.566. The predicted octanol–water partition coefficient (Wildman–Crippen LogP) is 2.15. The molecule has 0 aliphatic carbocycles. The van der Waals surface area contributed by atoms with Crippen molar-refractivity contribution in [1.29, 1.82) is 0 Å². The minimum absolute atomic E-state index is 0.566. The summed E-state index contributed by atoms with van der Waals surface area (Å²) in [6.45, 7) is 3.09. The summed E-state index contributed by atoms with van der Waals surface area (Å²) in [5, 5.41) is 1.00. The van der Waals surface area contributed by atoms with Crippen LogP contribution < -0.4 is 4.90 Å². The van der Waals surface area contributed by atoms with E-state index in [4.69, 9.17) is 0 Å². The molecule has 0 spiro atoms. The normalized spacial score (nSPS) is 21.6. The maximum Gasteiger partial charge on any atom is 0.225 e. The highest BCUT2D eigenvalue weighted by molar-refractivity contribution is 9.09. The Morgan fingerprint density at radius 1 is 1.64 bits per heavy atom. The number of hydrogen-bond acceptors (Lipinski definition) is 3. The van der Waals surface area contributed by atoms with E-state index in [1.807, 2.05) is 19.2 Å². The molecule has 1 aliphatic heterocycles. The van der Waals surface area contributed by atoms with Crippen molar-refractivity contribution >= 4 is 21.9 Å². The van der Waals surface area contributed by atoms with E-state index in [2.05, 4.69) is 30.8 Å². The Hall–Kier alpha value is -0.640. The van der Waals surface area contributed by atoms with Gasteiger partial charge in [0.05, 0.1) is 0 Å². The third-order valence-electron chi connectivity index (χ3n) is 2.59. The molecule has 1 aromatic rings. The van der Waals surface area contributed by atoms with Crippen molar-refractivity contribution in [2.75, 3.05) is 16.8 Å². The van der Waals surface area contributed by atoms with Gasteiger partial charge in [0.25, 0.3) is 0 Å². The fourth-order valence-corrected chi connectivity index (χ4v) is 2.51.